The lowest BCUT2D eigenvalue weighted by Crippen LogP contribution is -2.49. The maximum atomic E-state index is 10.8. The number of hydrogen-bond donors (Lipinski definition) is 1. The van der Waals surface area contributed by atoms with Gasteiger partial charge in [0.1, 0.15) is 6.07 Å². The number of aliphatic hydroxyl groups excluding tert-OH is 1. The Bertz CT molecular complexity index is 1200. The minimum absolute atomic E-state index is 0.0301. The summed E-state index contributed by atoms with van der Waals surface area (Å²) in [5.41, 5.74) is 3.81. The van der Waals surface area contributed by atoms with Crippen LogP contribution in [-0.4, -0.2) is 36.2 Å². The fraction of sp³-hybridized carbons (Fsp3) is 0.231. The molecule has 1 N–H and O–H groups in total. The van der Waals surface area contributed by atoms with Gasteiger partial charge in [-0.05, 0) is 53.6 Å². The van der Waals surface area contributed by atoms with Crippen LogP contribution in [-0.2, 0) is 0 Å². The summed E-state index contributed by atoms with van der Waals surface area (Å²) in [6, 6.07) is 24.5. The van der Waals surface area contributed by atoms with E-state index in [2.05, 4.69) is 21.9 Å². The van der Waals surface area contributed by atoms with Gasteiger partial charge in [0.15, 0.2) is 0 Å². The molecule has 3 aromatic rings. The zero-order valence-electron chi connectivity index (χ0n) is 17.8. The molecule has 5 nitrogen and oxygen atoms in total. The second kappa shape index (κ2) is 10.3. The van der Waals surface area contributed by atoms with Gasteiger partial charge in [0, 0.05) is 36.2 Å². The summed E-state index contributed by atoms with van der Waals surface area (Å²) >= 11 is 12.2. The lowest BCUT2D eigenvalue weighted by atomic mass is 9.99. The van der Waals surface area contributed by atoms with Crippen molar-refractivity contribution in [3.63, 3.8) is 0 Å². The highest BCUT2D eigenvalue weighted by molar-refractivity contribution is 6.31. The number of rotatable bonds is 5. The molecular formula is C26H22Cl2N4O. The van der Waals surface area contributed by atoms with Gasteiger partial charge >= 0.3 is 0 Å². The van der Waals surface area contributed by atoms with Crippen LogP contribution in [0.2, 0.25) is 10.0 Å². The smallest absolute Gasteiger partial charge is 0.101 e. The summed E-state index contributed by atoms with van der Waals surface area (Å²) in [5, 5.41) is 30.7. The Balaban J connectivity index is 1.59. The fourth-order valence-electron chi connectivity index (χ4n) is 4.24. The minimum atomic E-state index is -0.666. The average Bonchev–Trinajstić information content (AvgIpc) is 2.84. The van der Waals surface area contributed by atoms with Crippen LogP contribution in [0.1, 0.15) is 34.4 Å². The zero-order chi connectivity index (χ0) is 23.4. The number of piperazine rings is 1. The number of benzene rings is 3. The van der Waals surface area contributed by atoms with E-state index in [-0.39, 0.29) is 6.04 Å². The molecule has 0 bridgehead atoms. The van der Waals surface area contributed by atoms with Crippen molar-refractivity contribution in [1.29, 1.82) is 10.5 Å². The van der Waals surface area contributed by atoms with Gasteiger partial charge in [-0.25, -0.2) is 0 Å². The highest BCUT2D eigenvalue weighted by atomic mass is 35.5. The van der Waals surface area contributed by atoms with Crippen molar-refractivity contribution in [2.75, 3.05) is 31.1 Å². The normalized spacial score (nSPS) is 17.2. The Morgan fingerprint density at radius 3 is 2.27 bits per heavy atom. The van der Waals surface area contributed by atoms with Crippen LogP contribution in [0.5, 0.6) is 0 Å². The van der Waals surface area contributed by atoms with Crippen molar-refractivity contribution in [1.82, 2.24) is 4.90 Å². The first-order valence-electron chi connectivity index (χ1n) is 10.6. The van der Waals surface area contributed by atoms with E-state index >= 15 is 0 Å². The van der Waals surface area contributed by atoms with E-state index < -0.39 is 6.10 Å². The standard InChI is InChI=1S/C26H22Cl2N4O/c27-22-7-5-19(6-8-22)25-16-31(17-26(33)20-3-1-18(14-29)2-4-20)11-12-32(25)24-10-9-23(28)13-21(24)15-30/h1-10,13,25-26,33H,11-12,16-17H2/t25-,26+/m0/s1. The predicted octanol–water partition coefficient (Wildman–Crippen LogP) is 5.33. The van der Waals surface area contributed by atoms with Gasteiger partial charge in [0.25, 0.3) is 0 Å². The third-order valence-electron chi connectivity index (χ3n) is 5.96. The number of hydrogen-bond acceptors (Lipinski definition) is 5. The second-order valence-corrected chi connectivity index (χ2v) is 8.92. The number of nitriles is 2. The van der Waals surface area contributed by atoms with Gasteiger partial charge in [-0.3, -0.25) is 4.90 Å². The SMILES string of the molecule is N#Cc1ccc([C@H](O)CN2CCN(c3ccc(Cl)cc3C#N)[C@H](c3ccc(Cl)cc3)C2)cc1. The van der Waals surface area contributed by atoms with Gasteiger partial charge in [0.2, 0.25) is 0 Å². The largest absolute Gasteiger partial charge is 0.387 e. The molecule has 166 valence electrons. The van der Waals surface area contributed by atoms with E-state index in [0.717, 1.165) is 23.4 Å². The molecule has 33 heavy (non-hydrogen) atoms. The maximum absolute atomic E-state index is 10.8. The predicted molar refractivity (Wildman–Crippen MR) is 130 cm³/mol. The van der Waals surface area contributed by atoms with Gasteiger partial charge in [-0.1, -0.05) is 47.5 Å². The molecule has 0 spiro atoms. The molecule has 1 aliphatic rings. The number of aliphatic hydroxyl groups is 1. The van der Waals surface area contributed by atoms with Crippen molar-refractivity contribution < 1.29 is 5.11 Å². The van der Waals surface area contributed by atoms with Gasteiger partial charge in [-0.15, -0.1) is 0 Å². The quantitative estimate of drug-likeness (QED) is 0.538. The highest BCUT2D eigenvalue weighted by Gasteiger charge is 2.31. The van der Waals surface area contributed by atoms with Crippen LogP contribution in [0.3, 0.4) is 0 Å². The molecule has 4 rings (SSSR count). The van der Waals surface area contributed by atoms with Crippen molar-refractivity contribution in [3.8, 4) is 12.1 Å². The van der Waals surface area contributed by atoms with Crippen LogP contribution in [0.4, 0.5) is 5.69 Å². The third-order valence-corrected chi connectivity index (χ3v) is 6.45. The summed E-state index contributed by atoms with van der Waals surface area (Å²) in [7, 11) is 0. The van der Waals surface area contributed by atoms with Crippen LogP contribution in [0, 0.1) is 22.7 Å². The van der Waals surface area contributed by atoms with E-state index in [9.17, 15) is 10.4 Å². The molecule has 3 aromatic carbocycles. The van der Waals surface area contributed by atoms with E-state index in [4.69, 9.17) is 28.5 Å². The van der Waals surface area contributed by atoms with Crippen molar-refractivity contribution >= 4 is 28.9 Å². The van der Waals surface area contributed by atoms with Crippen LogP contribution >= 0.6 is 23.2 Å². The Morgan fingerprint density at radius 1 is 0.909 bits per heavy atom. The van der Waals surface area contributed by atoms with Crippen LogP contribution in [0.15, 0.2) is 66.7 Å². The Hall–Kier alpha value is -3.06. The molecular weight excluding hydrogens is 455 g/mol. The summed E-state index contributed by atoms with van der Waals surface area (Å²) in [4.78, 5) is 4.45. The molecule has 0 aliphatic carbocycles. The lowest BCUT2D eigenvalue weighted by molar-refractivity contribution is 0.100. The zero-order valence-corrected chi connectivity index (χ0v) is 19.3. The fourth-order valence-corrected chi connectivity index (χ4v) is 4.54. The molecule has 0 unspecified atom stereocenters. The van der Waals surface area contributed by atoms with E-state index in [1.807, 2.05) is 30.3 Å². The molecule has 1 aliphatic heterocycles. The summed E-state index contributed by atoms with van der Waals surface area (Å²) in [5.74, 6) is 0. The highest BCUT2D eigenvalue weighted by Crippen LogP contribution is 2.35. The molecule has 0 saturated carbocycles. The first kappa shape index (κ1) is 23.1. The Morgan fingerprint density at radius 2 is 1.61 bits per heavy atom. The van der Waals surface area contributed by atoms with Gasteiger partial charge < -0.3 is 10.0 Å². The topological polar surface area (TPSA) is 74.3 Å². The molecule has 0 amide bonds. The molecule has 7 heteroatoms. The lowest BCUT2D eigenvalue weighted by Gasteiger charge is -2.44. The van der Waals surface area contributed by atoms with Gasteiger partial charge in [0.05, 0.1) is 35.0 Å². The summed E-state index contributed by atoms with van der Waals surface area (Å²) < 4.78 is 0. The molecule has 1 saturated heterocycles. The number of nitrogens with zero attached hydrogens (tertiary/aromatic N) is 4. The maximum Gasteiger partial charge on any atom is 0.101 e. The monoisotopic (exact) mass is 476 g/mol. The number of halogens is 2. The molecule has 0 aromatic heterocycles. The summed E-state index contributed by atoms with van der Waals surface area (Å²) in [6.45, 7) is 2.55. The van der Waals surface area contributed by atoms with E-state index in [1.165, 1.54) is 0 Å². The Labute approximate surface area is 203 Å². The molecule has 0 radical (unpaired) electrons. The number of anilines is 1. The van der Waals surface area contributed by atoms with Crippen LogP contribution in [0.25, 0.3) is 0 Å². The van der Waals surface area contributed by atoms with E-state index in [1.54, 1.807) is 36.4 Å². The first-order chi connectivity index (χ1) is 16.0. The Kier molecular flexibility index (Phi) is 7.18. The average molecular weight is 477 g/mol. The summed E-state index contributed by atoms with van der Waals surface area (Å²) in [6.07, 6.45) is -0.666. The second-order valence-electron chi connectivity index (χ2n) is 8.04. The first-order valence-corrected chi connectivity index (χ1v) is 11.4. The third kappa shape index (κ3) is 5.30. The minimum Gasteiger partial charge on any atom is -0.387 e. The van der Waals surface area contributed by atoms with E-state index in [0.29, 0.717) is 40.8 Å². The molecule has 2 atom stereocenters. The number of β-amino-alcohol motifs (C(OH)–C–C–N with tert-alkyl or cyclic N) is 1. The van der Waals surface area contributed by atoms with Crippen molar-refractivity contribution in [2.45, 2.75) is 12.1 Å². The van der Waals surface area contributed by atoms with Crippen molar-refractivity contribution in [2.24, 2.45) is 0 Å². The van der Waals surface area contributed by atoms with Crippen molar-refractivity contribution in [3.05, 3.63) is 99.0 Å². The van der Waals surface area contributed by atoms with Gasteiger partial charge in [-0.2, -0.15) is 10.5 Å². The molecule has 1 heterocycles. The molecule has 1 fully saturated rings. The van der Waals surface area contributed by atoms with Crippen LogP contribution < -0.4 is 4.90 Å².